The quantitative estimate of drug-likeness (QED) is 0.703. The van der Waals surface area contributed by atoms with Gasteiger partial charge < -0.3 is 5.32 Å². The molecule has 78 valence electrons. The summed E-state index contributed by atoms with van der Waals surface area (Å²) in [6, 6.07) is 0.683. The lowest BCUT2D eigenvalue weighted by atomic mass is 9.91. The Bertz CT molecular complexity index is 165. The zero-order chi connectivity index (χ0) is 10.1. The topological polar surface area (TPSA) is 15.3 Å². The summed E-state index contributed by atoms with van der Waals surface area (Å²) in [6.45, 7) is 11.5. The zero-order valence-electron chi connectivity index (χ0n) is 9.72. The monoisotopic (exact) mass is 184 g/mol. The van der Waals surface area contributed by atoms with Gasteiger partial charge in [0.2, 0.25) is 0 Å². The van der Waals surface area contributed by atoms with Crippen LogP contribution in [-0.2, 0) is 0 Å². The number of hydrogen-bond acceptors (Lipinski definition) is 2. The lowest BCUT2D eigenvalue weighted by molar-refractivity contribution is 0.0776. The molecule has 1 aliphatic heterocycles. The van der Waals surface area contributed by atoms with E-state index >= 15 is 0 Å². The Labute approximate surface area is 82.7 Å². The normalized spacial score (nSPS) is 31.6. The Kier molecular flexibility index (Phi) is 3.36. The van der Waals surface area contributed by atoms with Gasteiger partial charge in [0.05, 0.1) is 0 Å². The fourth-order valence-electron chi connectivity index (χ4n) is 1.79. The van der Waals surface area contributed by atoms with Gasteiger partial charge in [-0.3, -0.25) is 4.90 Å². The van der Waals surface area contributed by atoms with Crippen molar-refractivity contribution >= 4 is 0 Å². The number of nitrogens with zero attached hydrogens (tertiary/aromatic N) is 1. The van der Waals surface area contributed by atoms with Gasteiger partial charge in [-0.2, -0.15) is 0 Å². The fraction of sp³-hybridized carbons (Fsp3) is 1.00. The lowest BCUT2D eigenvalue weighted by Gasteiger charge is -2.45. The first kappa shape index (κ1) is 11.0. The number of piperazine rings is 1. The van der Waals surface area contributed by atoms with Crippen LogP contribution in [0.1, 0.15) is 34.1 Å². The zero-order valence-corrected chi connectivity index (χ0v) is 9.72. The van der Waals surface area contributed by atoms with Crippen LogP contribution in [0.25, 0.3) is 0 Å². The van der Waals surface area contributed by atoms with Gasteiger partial charge in [-0.25, -0.2) is 0 Å². The molecular formula is C11H24N2. The van der Waals surface area contributed by atoms with Gasteiger partial charge in [-0.05, 0) is 26.8 Å². The fourth-order valence-corrected chi connectivity index (χ4v) is 1.79. The molecule has 1 saturated heterocycles. The van der Waals surface area contributed by atoms with Crippen molar-refractivity contribution in [3.05, 3.63) is 0 Å². The van der Waals surface area contributed by atoms with Crippen LogP contribution in [0.2, 0.25) is 0 Å². The highest BCUT2D eigenvalue weighted by atomic mass is 15.2. The summed E-state index contributed by atoms with van der Waals surface area (Å²) >= 11 is 0. The summed E-state index contributed by atoms with van der Waals surface area (Å²) in [5, 5.41) is 3.65. The van der Waals surface area contributed by atoms with Crippen LogP contribution in [0.15, 0.2) is 0 Å². The molecule has 0 aromatic rings. The van der Waals surface area contributed by atoms with Crippen molar-refractivity contribution < 1.29 is 0 Å². The average Bonchev–Trinajstić information content (AvgIpc) is 2.08. The lowest BCUT2D eigenvalue weighted by Crippen LogP contribution is -2.61. The molecule has 2 nitrogen and oxygen atoms in total. The van der Waals surface area contributed by atoms with Gasteiger partial charge in [0.25, 0.3) is 0 Å². The van der Waals surface area contributed by atoms with Gasteiger partial charge in [0, 0.05) is 24.7 Å². The van der Waals surface area contributed by atoms with E-state index < -0.39 is 0 Å². The molecule has 0 amide bonds. The van der Waals surface area contributed by atoms with Crippen LogP contribution >= 0.6 is 0 Å². The second-order valence-corrected chi connectivity index (χ2v) is 5.07. The summed E-state index contributed by atoms with van der Waals surface area (Å²) in [5.74, 6) is 0.790. The predicted molar refractivity (Wildman–Crippen MR) is 58.0 cm³/mol. The number of nitrogens with one attached hydrogen (secondary N) is 1. The molecule has 0 spiro atoms. The Morgan fingerprint density at radius 3 is 2.62 bits per heavy atom. The minimum atomic E-state index is 0.323. The summed E-state index contributed by atoms with van der Waals surface area (Å²) < 4.78 is 0. The van der Waals surface area contributed by atoms with Gasteiger partial charge in [0.15, 0.2) is 0 Å². The molecule has 2 atom stereocenters. The van der Waals surface area contributed by atoms with E-state index in [0.29, 0.717) is 11.6 Å². The smallest absolute Gasteiger partial charge is 0.0275 e. The summed E-state index contributed by atoms with van der Waals surface area (Å²) in [6.07, 6.45) is 1.27. The highest BCUT2D eigenvalue weighted by Gasteiger charge is 2.32. The second kappa shape index (κ2) is 3.97. The van der Waals surface area contributed by atoms with Gasteiger partial charge >= 0.3 is 0 Å². The van der Waals surface area contributed by atoms with Crippen LogP contribution in [0.3, 0.4) is 0 Å². The molecule has 0 bridgehead atoms. The summed E-state index contributed by atoms with van der Waals surface area (Å²) in [5.41, 5.74) is 0.323. The predicted octanol–water partition coefficient (Wildman–Crippen LogP) is 1.71. The molecule has 1 aliphatic rings. The third-order valence-corrected chi connectivity index (χ3v) is 3.63. The molecule has 0 aliphatic carbocycles. The van der Waals surface area contributed by atoms with Crippen LogP contribution in [-0.4, -0.2) is 36.6 Å². The third-order valence-electron chi connectivity index (χ3n) is 3.63. The Hall–Kier alpha value is -0.0800. The third kappa shape index (κ3) is 2.44. The SMILES string of the molecule is CCC(C)C1CN(C)C(C)(C)CN1. The maximum absolute atomic E-state index is 3.65. The van der Waals surface area contributed by atoms with E-state index in [1.807, 2.05) is 0 Å². The van der Waals surface area contributed by atoms with Crippen molar-refractivity contribution in [1.29, 1.82) is 0 Å². The first-order chi connectivity index (χ1) is 5.97. The van der Waals surface area contributed by atoms with Crippen molar-refractivity contribution in [2.45, 2.75) is 45.7 Å². The van der Waals surface area contributed by atoms with Crippen molar-refractivity contribution in [1.82, 2.24) is 10.2 Å². The molecule has 1 fully saturated rings. The van der Waals surface area contributed by atoms with E-state index in [-0.39, 0.29) is 0 Å². The Morgan fingerprint density at radius 1 is 1.54 bits per heavy atom. The number of hydrogen-bond donors (Lipinski definition) is 1. The van der Waals surface area contributed by atoms with Gasteiger partial charge in [-0.1, -0.05) is 20.3 Å². The van der Waals surface area contributed by atoms with Crippen LogP contribution in [0.4, 0.5) is 0 Å². The van der Waals surface area contributed by atoms with E-state index in [9.17, 15) is 0 Å². The van der Waals surface area contributed by atoms with Crippen LogP contribution in [0, 0.1) is 5.92 Å². The average molecular weight is 184 g/mol. The largest absolute Gasteiger partial charge is 0.311 e. The molecule has 0 aromatic heterocycles. The minimum Gasteiger partial charge on any atom is -0.311 e. The maximum Gasteiger partial charge on any atom is 0.0275 e. The Morgan fingerprint density at radius 2 is 2.15 bits per heavy atom. The molecule has 0 aromatic carbocycles. The molecule has 1 heterocycles. The highest BCUT2D eigenvalue weighted by molar-refractivity contribution is 4.92. The van der Waals surface area contributed by atoms with Crippen molar-refractivity contribution in [3.8, 4) is 0 Å². The molecular weight excluding hydrogens is 160 g/mol. The molecule has 0 saturated carbocycles. The second-order valence-electron chi connectivity index (χ2n) is 5.07. The van der Waals surface area contributed by atoms with E-state index in [2.05, 4.69) is 45.0 Å². The van der Waals surface area contributed by atoms with Crippen LogP contribution < -0.4 is 5.32 Å². The van der Waals surface area contributed by atoms with Crippen molar-refractivity contribution in [3.63, 3.8) is 0 Å². The van der Waals surface area contributed by atoms with E-state index in [1.54, 1.807) is 0 Å². The number of likely N-dealkylation sites (N-methyl/N-ethyl adjacent to an activating group) is 1. The standard InChI is InChI=1S/C11H24N2/c1-6-9(2)10-7-13(5)11(3,4)8-12-10/h9-10,12H,6-8H2,1-5H3. The molecule has 13 heavy (non-hydrogen) atoms. The first-order valence-corrected chi connectivity index (χ1v) is 5.42. The molecule has 2 unspecified atom stereocenters. The first-order valence-electron chi connectivity index (χ1n) is 5.42. The molecule has 0 radical (unpaired) electrons. The van der Waals surface area contributed by atoms with E-state index in [4.69, 9.17) is 0 Å². The van der Waals surface area contributed by atoms with E-state index in [1.165, 1.54) is 13.0 Å². The Balaban J connectivity index is 2.51. The summed E-state index contributed by atoms with van der Waals surface area (Å²) in [4.78, 5) is 2.47. The van der Waals surface area contributed by atoms with Crippen molar-refractivity contribution in [2.24, 2.45) is 5.92 Å². The van der Waals surface area contributed by atoms with E-state index in [0.717, 1.165) is 12.5 Å². The minimum absolute atomic E-state index is 0.323. The van der Waals surface area contributed by atoms with Crippen molar-refractivity contribution in [2.75, 3.05) is 20.1 Å². The highest BCUT2D eigenvalue weighted by Crippen LogP contribution is 2.20. The summed E-state index contributed by atoms with van der Waals surface area (Å²) in [7, 11) is 2.23. The molecule has 2 heteroatoms. The number of rotatable bonds is 2. The molecule has 1 rings (SSSR count). The maximum atomic E-state index is 3.65. The van der Waals surface area contributed by atoms with Gasteiger partial charge in [0.1, 0.15) is 0 Å². The van der Waals surface area contributed by atoms with Crippen LogP contribution in [0.5, 0.6) is 0 Å². The molecule has 1 N–H and O–H groups in total. The van der Waals surface area contributed by atoms with Gasteiger partial charge in [-0.15, -0.1) is 0 Å².